The van der Waals surface area contributed by atoms with Crippen molar-refractivity contribution in [1.29, 1.82) is 0 Å². The van der Waals surface area contributed by atoms with Crippen molar-refractivity contribution >= 4 is 17.3 Å². The van der Waals surface area contributed by atoms with E-state index < -0.39 is 5.97 Å². The monoisotopic (exact) mass is 467 g/mol. The molecule has 34 heavy (non-hydrogen) atoms. The second-order valence-corrected chi connectivity index (χ2v) is 8.70. The second-order valence-electron chi connectivity index (χ2n) is 7.87. The van der Waals surface area contributed by atoms with Crippen molar-refractivity contribution in [3.63, 3.8) is 0 Å². The molecule has 7 heteroatoms. The predicted molar refractivity (Wildman–Crippen MR) is 132 cm³/mol. The largest absolute Gasteiger partial charge is 0.476 e. The van der Waals surface area contributed by atoms with Crippen LogP contribution < -0.4 is 0 Å². The molecule has 0 fully saturated rings. The van der Waals surface area contributed by atoms with Crippen LogP contribution in [0.3, 0.4) is 0 Å². The Bertz CT molecular complexity index is 1440. The number of hydrogen-bond donors (Lipinski definition) is 2. The Kier molecular flexibility index (Phi) is 6.03. The molecule has 168 valence electrons. The van der Waals surface area contributed by atoms with Crippen LogP contribution in [0, 0.1) is 0 Å². The van der Waals surface area contributed by atoms with Gasteiger partial charge in [-0.2, -0.15) is 5.10 Å². The number of aliphatic hydroxyl groups is 1. The Balaban J connectivity index is 1.58. The van der Waals surface area contributed by atoms with Gasteiger partial charge in [0.05, 0.1) is 12.3 Å². The van der Waals surface area contributed by atoms with Crippen molar-refractivity contribution in [2.45, 2.75) is 13.0 Å². The zero-order chi connectivity index (χ0) is 23.5. The summed E-state index contributed by atoms with van der Waals surface area (Å²) in [5.74, 6) is -1.06. The molecule has 5 aromatic rings. The zero-order valence-corrected chi connectivity index (χ0v) is 18.9. The molecule has 0 aliphatic rings. The first kappa shape index (κ1) is 21.8. The standard InChI is InChI=1S/C27H21N3O3S/c31-16-19-11-9-18(10-12-19)13-23-15-30(27-28-24(17-34-27)26(32)33)29-25(23)22-8-4-7-21(14-22)20-5-2-1-3-6-20/h1-12,14-15,17,31H,13,16H2,(H,32,33). The van der Waals surface area contributed by atoms with Gasteiger partial charge in [0.2, 0.25) is 5.13 Å². The van der Waals surface area contributed by atoms with Gasteiger partial charge in [0.25, 0.3) is 0 Å². The van der Waals surface area contributed by atoms with Crippen LogP contribution in [0.2, 0.25) is 0 Å². The van der Waals surface area contributed by atoms with Crippen molar-refractivity contribution in [2.75, 3.05) is 0 Å². The Morgan fingerprint density at radius 3 is 2.29 bits per heavy atom. The molecule has 0 radical (unpaired) electrons. The number of benzene rings is 3. The summed E-state index contributed by atoms with van der Waals surface area (Å²) in [7, 11) is 0. The summed E-state index contributed by atoms with van der Waals surface area (Å²) >= 11 is 1.24. The number of carboxylic acids is 1. The highest BCUT2D eigenvalue weighted by Gasteiger charge is 2.17. The topological polar surface area (TPSA) is 88.2 Å². The molecule has 0 bridgehead atoms. The summed E-state index contributed by atoms with van der Waals surface area (Å²) in [5.41, 5.74) is 6.94. The lowest BCUT2D eigenvalue weighted by atomic mass is 9.98. The maximum absolute atomic E-state index is 11.3. The molecule has 0 aliphatic heterocycles. The lowest BCUT2D eigenvalue weighted by Gasteiger charge is -2.07. The van der Waals surface area contributed by atoms with E-state index in [0.717, 1.165) is 39.1 Å². The van der Waals surface area contributed by atoms with Gasteiger partial charge in [0, 0.05) is 29.1 Å². The van der Waals surface area contributed by atoms with Gasteiger partial charge in [-0.3, -0.25) is 0 Å². The second kappa shape index (κ2) is 9.43. The minimum absolute atomic E-state index is 0.00395. The average Bonchev–Trinajstić information content (AvgIpc) is 3.53. The molecule has 0 saturated heterocycles. The summed E-state index contributed by atoms with van der Waals surface area (Å²) < 4.78 is 1.65. The molecule has 5 rings (SSSR count). The Morgan fingerprint density at radius 2 is 1.59 bits per heavy atom. The van der Waals surface area contributed by atoms with Gasteiger partial charge in [-0.15, -0.1) is 11.3 Å². The highest BCUT2D eigenvalue weighted by molar-refractivity contribution is 7.12. The van der Waals surface area contributed by atoms with Gasteiger partial charge in [-0.05, 0) is 28.3 Å². The SMILES string of the molecule is O=C(O)c1csc(-n2cc(Cc3ccc(CO)cc3)c(-c3cccc(-c4ccccc4)c3)n2)n1. The molecule has 0 unspecified atom stereocenters. The Hall–Kier alpha value is -4.07. The minimum atomic E-state index is -1.06. The summed E-state index contributed by atoms with van der Waals surface area (Å²) in [5, 5.41) is 25.4. The molecular weight excluding hydrogens is 446 g/mol. The summed E-state index contributed by atoms with van der Waals surface area (Å²) in [6.45, 7) is 0.00565. The Labute approximate surface area is 200 Å². The Morgan fingerprint density at radius 1 is 0.882 bits per heavy atom. The number of hydrogen-bond acceptors (Lipinski definition) is 5. The van der Waals surface area contributed by atoms with Crippen LogP contribution in [0.25, 0.3) is 27.5 Å². The van der Waals surface area contributed by atoms with Gasteiger partial charge in [0.15, 0.2) is 5.69 Å². The van der Waals surface area contributed by atoms with E-state index in [2.05, 4.69) is 29.2 Å². The van der Waals surface area contributed by atoms with Crippen molar-refractivity contribution in [1.82, 2.24) is 14.8 Å². The molecule has 0 atom stereocenters. The van der Waals surface area contributed by atoms with E-state index in [9.17, 15) is 15.0 Å². The van der Waals surface area contributed by atoms with Gasteiger partial charge >= 0.3 is 5.97 Å². The number of aromatic carboxylic acids is 1. The number of rotatable bonds is 7. The maximum atomic E-state index is 11.3. The van der Waals surface area contributed by atoms with Crippen LogP contribution in [0.4, 0.5) is 0 Å². The number of nitrogens with zero attached hydrogens (tertiary/aromatic N) is 3. The van der Waals surface area contributed by atoms with E-state index in [1.165, 1.54) is 16.7 Å². The highest BCUT2D eigenvalue weighted by atomic mass is 32.1. The first-order chi connectivity index (χ1) is 16.6. The molecular formula is C27H21N3O3S. The van der Waals surface area contributed by atoms with Crippen molar-refractivity contribution in [3.8, 4) is 27.5 Å². The minimum Gasteiger partial charge on any atom is -0.476 e. The average molecular weight is 468 g/mol. The smallest absolute Gasteiger partial charge is 0.355 e. The van der Waals surface area contributed by atoms with Gasteiger partial charge in [0.1, 0.15) is 0 Å². The molecule has 6 nitrogen and oxygen atoms in total. The molecule has 0 amide bonds. The van der Waals surface area contributed by atoms with E-state index in [1.807, 2.05) is 60.8 Å². The fourth-order valence-electron chi connectivity index (χ4n) is 3.81. The summed E-state index contributed by atoms with van der Waals surface area (Å²) in [4.78, 5) is 15.5. The van der Waals surface area contributed by atoms with E-state index in [0.29, 0.717) is 11.6 Å². The molecule has 0 spiro atoms. The highest BCUT2D eigenvalue weighted by Crippen LogP contribution is 2.30. The zero-order valence-electron chi connectivity index (χ0n) is 18.1. The first-order valence-corrected chi connectivity index (χ1v) is 11.6. The van der Waals surface area contributed by atoms with Crippen LogP contribution in [0.15, 0.2) is 90.4 Å². The number of aliphatic hydroxyl groups excluding tert-OH is 1. The number of carboxylic acid groups (broad SMARTS) is 1. The van der Waals surface area contributed by atoms with Crippen LogP contribution >= 0.6 is 11.3 Å². The number of aromatic nitrogens is 3. The lowest BCUT2D eigenvalue weighted by molar-refractivity contribution is 0.0691. The lowest BCUT2D eigenvalue weighted by Crippen LogP contribution is -1.99. The molecule has 2 heterocycles. The molecule has 0 saturated carbocycles. The summed E-state index contributed by atoms with van der Waals surface area (Å²) in [6, 6.07) is 26.2. The number of thiazole rings is 1. The third kappa shape index (κ3) is 4.52. The van der Waals surface area contributed by atoms with Crippen LogP contribution in [-0.4, -0.2) is 30.9 Å². The third-order valence-corrected chi connectivity index (χ3v) is 6.37. The van der Waals surface area contributed by atoms with E-state index >= 15 is 0 Å². The molecule has 2 aromatic heterocycles. The summed E-state index contributed by atoms with van der Waals surface area (Å²) in [6.07, 6.45) is 2.54. The fraction of sp³-hybridized carbons (Fsp3) is 0.0741. The van der Waals surface area contributed by atoms with Crippen LogP contribution in [0.5, 0.6) is 0 Å². The van der Waals surface area contributed by atoms with E-state index in [4.69, 9.17) is 5.10 Å². The van der Waals surface area contributed by atoms with Crippen molar-refractivity contribution in [3.05, 3.63) is 113 Å². The quantitative estimate of drug-likeness (QED) is 0.333. The van der Waals surface area contributed by atoms with E-state index in [1.54, 1.807) is 4.68 Å². The van der Waals surface area contributed by atoms with Gasteiger partial charge < -0.3 is 10.2 Å². The normalized spacial score (nSPS) is 11.0. The predicted octanol–water partition coefficient (Wildman–Crippen LogP) is 5.44. The first-order valence-electron chi connectivity index (χ1n) is 10.7. The molecule has 2 N–H and O–H groups in total. The van der Waals surface area contributed by atoms with Crippen molar-refractivity contribution < 1.29 is 15.0 Å². The van der Waals surface area contributed by atoms with Gasteiger partial charge in [-0.25, -0.2) is 14.5 Å². The van der Waals surface area contributed by atoms with Crippen LogP contribution in [0.1, 0.15) is 27.2 Å². The molecule has 0 aliphatic carbocycles. The third-order valence-electron chi connectivity index (χ3n) is 5.54. The van der Waals surface area contributed by atoms with Gasteiger partial charge in [-0.1, -0.05) is 72.8 Å². The fourth-order valence-corrected chi connectivity index (χ4v) is 4.53. The molecule has 3 aromatic carbocycles. The van der Waals surface area contributed by atoms with Crippen molar-refractivity contribution in [2.24, 2.45) is 0 Å². The maximum Gasteiger partial charge on any atom is 0.355 e. The van der Waals surface area contributed by atoms with E-state index in [-0.39, 0.29) is 12.3 Å². The number of carbonyl (C=O) groups is 1. The van der Waals surface area contributed by atoms with Crippen LogP contribution in [-0.2, 0) is 13.0 Å².